The van der Waals surface area contributed by atoms with E-state index in [1.165, 1.54) is 7.11 Å². The van der Waals surface area contributed by atoms with E-state index in [0.29, 0.717) is 0 Å². The lowest BCUT2D eigenvalue weighted by atomic mass is 10.1. The van der Waals surface area contributed by atoms with Gasteiger partial charge < -0.3 is 15.4 Å². The summed E-state index contributed by atoms with van der Waals surface area (Å²) in [5.74, 6) is -0.439. The molecule has 2 rings (SSSR count). The summed E-state index contributed by atoms with van der Waals surface area (Å²) in [4.78, 5) is 24.4. The van der Waals surface area contributed by atoms with Gasteiger partial charge in [0, 0.05) is 13.2 Å². The van der Waals surface area contributed by atoms with Gasteiger partial charge in [0.15, 0.2) is 6.10 Å². The van der Waals surface area contributed by atoms with Crippen LogP contribution in [-0.4, -0.2) is 31.0 Å². The molecule has 2 unspecified atom stereocenters. The first-order chi connectivity index (χ1) is 10.6. The molecule has 2 atom stereocenters. The number of methoxy groups -OCH3 is 1. The lowest BCUT2D eigenvalue weighted by Crippen LogP contribution is -2.48. The highest BCUT2D eigenvalue weighted by atomic mass is 16.5. The van der Waals surface area contributed by atoms with Crippen LogP contribution in [0.3, 0.4) is 0 Å². The molecule has 0 aliphatic heterocycles. The molecule has 1 aromatic carbocycles. The number of rotatable bonds is 6. The maximum Gasteiger partial charge on any atom is 0.254 e. The minimum Gasteiger partial charge on any atom is -0.367 e. The van der Waals surface area contributed by atoms with Gasteiger partial charge in [0.1, 0.15) is 6.04 Å². The second-order valence-corrected chi connectivity index (χ2v) is 5.75. The SMILES string of the molecule is COC(C(=O)NC(C)C(=O)NC1CCCC1)c1ccccc1. The van der Waals surface area contributed by atoms with Gasteiger partial charge in [0.2, 0.25) is 5.91 Å². The topological polar surface area (TPSA) is 67.4 Å². The molecule has 1 aliphatic rings. The van der Waals surface area contributed by atoms with Crippen LogP contribution in [0.4, 0.5) is 0 Å². The predicted molar refractivity (Wildman–Crippen MR) is 84.2 cm³/mol. The Balaban J connectivity index is 1.90. The van der Waals surface area contributed by atoms with E-state index in [2.05, 4.69) is 10.6 Å². The molecule has 5 nitrogen and oxygen atoms in total. The molecule has 1 saturated carbocycles. The third-order valence-electron chi connectivity index (χ3n) is 4.03. The lowest BCUT2D eigenvalue weighted by Gasteiger charge is -2.21. The predicted octanol–water partition coefficient (Wildman–Crippen LogP) is 1.94. The molecule has 0 spiro atoms. The van der Waals surface area contributed by atoms with Crippen molar-refractivity contribution >= 4 is 11.8 Å². The molecule has 5 heteroatoms. The van der Waals surface area contributed by atoms with Crippen LogP contribution < -0.4 is 10.6 Å². The Bertz CT molecular complexity index is 498. The molecule has 2 amide bonds. The Labute approximate surface area is 131 Å². The summed E-state index contributed by atoms with van der Waals surface area (Å²) < 4.78 is 5.27. The van der Waals surface area contributed by atoms with Gasteiger partial charge in [-0.1, -0.05) is 43.2 Å². The number of hydrogen-bond donors (Lipinski definition) is 2. The smallest absolute Gasteiger partial charge is 0.254 e. The van der Waals surface area contributed by atoms with Crippen LogP contribution in [0, 0.1) is 0 Å². The fraction of sp³-hybridized carbons (Fsp3) is 0.529. The zero-order chi connectivity index (χ0) is 15.9. The first-order valence-electron chi connectivity index (χ1n) is 7.80. The van der Waals surface area contributed by atoms with E-state index in [1.807, 2.05) is 30.3 Å². The van der Waals surface area contributed by atoms with Gasteiger partial charge in [0.25, 0.3) is 5.91 Å². The summed E-state index contributed by atoms with van der Waals surface area (Å²) in [5.41, 5.74) is 0.769. The highest BCUT2D eigenvalue weighted by molar-refractivity contribution is 5.89. The molecule has 22 heavy (non-hydrogen) atoms. The Morgan fingerprint density at radius 3 is 2.36 bits per heavy atom. The molecular weight excluding hydrogens is 280 g/mol. The fourth-order valence-electron chi connectivity index (χ4n) is 2.77. The van der Waals surface area contributed by atoms with E-state index >= 15 is 0 Å². The van der Waals surface area contributed by atoms with Crippen molar-refractivity contribution in [1.82, 2.24) is 10.6 Å². The van der Waals surface area contributed by atoms with Gasteiger partial charge in [-0.15, -0.1) is 0 Å². The number of nitrogens with one attached hydrogen (secondary N) is 2. The van der Waals surface area contributed by atoms with E-state index in [4.69, 9.17) is 4.74 Å². The van der Waals surface area contributed by atoms with Crippen LogP contribution in [0.1, 0.15) is 44.3 Å². The molecule has 0 heterocycles. The van der Waals surface area contributed by atoms with Crippen LogP contribution in [0.25, 0.3) is 0 Å². The monoisotopic (exact) mass is 304 g/mol. The van der Waals surface area contributed by atoms with Gasteiger partial charge in [0.05, 0.1) is 0 Å². The Morgan fingerprint density at radius 2 is 1.77 bits per heavy atom. The molecule has 0 bridgehead atoms. The first-order valence-corrected chi connectivity index (χ1v) is 7.80. The second-order valence-electron chi connectivity index (χ2n) is 5.75. The van der Waals surface area contributed by atoms with Crippen molar-refractivity contribution in [3.8, 4) is 0 Å². The average Bonchev–Trinajstić information content (AvgIpc) is 3.02. The normalized spacial score (nSPS) is 17.7. The number of amides is 2. The molecule has 1 aromatic rings. The zero-order valence-corrected chi connectivity index (χ0v) is 13.2. The number of benzene rings is 1. The van der Waals surface area contributed by atoms with Gasteiger partial charge in [-0.3, -0.25) is 9.59 Å². The quantitative estimate of drug-likeness (QED) is 0.844. The second kappa shape index (κ2) is 7.94. The van der Waals surface area contributed by atoms with Crippen molar-refractivity contribution in [1.29, 1.82) is 0 Å². The van der Waals surface area contributed by atoms with Crippen molar-refractivity contribution in [2.24, 2.45) is 0 Å². The first kappa shape index (κ1) is 16.5. The minimum absolute atomic E-state index is 0.136. The van der Waals surface area contributed by atoms with Gasteiger partial charge in [-0.05, 0) is 25.3 Å². The standard InChI is InChI=1S/C17H24N2O3/c1-12(16(20)19-14-10-6-7-11-14)18-17(21)15(22-2)13-8-4-3-5-9-13/h3-5,8-9,12,14-15H,6-7,10-11H2,1-2H3,(H,18,21)(H,19,20). The molecular formula is C17H24N2O3. The number of carbonyl (C=O) groups excluding carboxylic acids is 2. The van der Waals surface area contributed by atoms with E-state index in [0.717, 1.165) is 31.2 Å². The largest absolute Gasteiger partial charge is 0.367 e. The third kappa shape index (κ3) is 4.31. The molecule has 1 fully saturated rings. The third-order valence-corrected chi connectivity index (χ3v) is 4.03. The van der Waals surface area contributed by atoms with Crippen molar-refractivity contribution in [2.45, 2.75) is 50.8 Å². The Kier molecular flexibility index (Phi) is 5.95. The van der Waals surface area contributed by atoms with Crippen LogP contribution >= 0.6 is 0 Å². The van der Waals surface area contributed by atoms with E-state index in [1.54, 1.807) is 6.92 Å². The van der Waals surface area contributed by atoms with Crippen LogP contribution in [-0.2, 0) is 14.3 Å². The highest BCUT2D eigenvalue weighted by Crippen LogP contribution is 2.18. The zero-order valence-electron chi connectivity index (χ0n) is 13.2. The fourth-order valence-corrected chi connectivity index (χ4v) is 2.77. The van der Waals surface area contributed by atoms with E-state index in [-0.39, 0.29) is 17.9 Å². The summed E-state index contributed by atoms with van der Waals surface area (Å²) in [6, 6.07) is 8.92. The molecule has 1 aliphatic carbocycles. The summed E-state index contributed by atoms with van der Waals surface area (Å²) in [5, 5.41) is 5.71. The van der Waals surface area contributed by atoms with E-state index in [9.17, 15) is 9.59 Å². The minimum atomic E-state index is -0.706. The summed E-state index contributed by atoms with van der Waals surface area (Å²) >= 11 is 0. The molecule has 0 saturated heterocycles. The lowest BCUT2D eigenvalue weighted by molar-refractivity contribution is -0.135. The van der Waals surface area contributed by atoms with Gasteiger partial charge in [-0.2, -0.15) is 0 Å². The maximum absolute atomic E-state index is 12.3. The Morgan fingerprint density at radius 1 is 1.14 bits per heavy atom. The number of hydrogen-bond acceptors (Lipinski definition) is 3. The molecule has 2 N–H and O–H groups in total. The van der Waals surface area contributed by atoms with Crippen LogP contribution in [0.15, 0.2) is 30.3 Å². The van der Waals surface area contributed by atoms with Gasteiger partial charge in [-0.25, -0.2) is 0 Å². The molecule has 120 valence electrons. The number of ether oxygens (including phenoxy) is 1. The van der Waals surface area contributed by atoms with Crippen molar-refractivity contribution in [3.05, 3.63) is 35.9 Å². The average molecular weight is 304 g/mol. The molecule has 0 radical (unpaired) electrons. The molecule has 0 aromatic heterocycles. The van der Waals surface area contributed by atoms with Crippen molar-refractivity contribution < 1.29 is 14.3 Å². The van der Waals surface area contributed by atoms with E-state index < -0.39 is 12.1 Å². The Hall–Kier alpha value is -1.88. The van der Waals surface area contributed by atoms with Crippen LogP contribution in [0.5, 0.6) is 0 Å². The summed E-state index contributed by atoms with van der Waals surface area (Å²) in [6.07, 6.45) is 3.66. The summed E-state index contributed by atoms with van der Waals surface area (Å²) in [7, 11) is 1.49. The number of carbonyl (C=O) groups is 2. The summed E-state index contributed by atoms with van der Waals surface area (Å²) in [6.45, 7) is 1.69. The van der Waals surface area contributed by atoms with Crippen molar-refractivity contribution in [3.63, 3.8) is 0 Å². The maximum atomic E-state index is 12.3. The van der Waals surface area contributed by atoms with Crippen LogP contribution in [0.2, 0.25) is 0 Å². The van der Waals surface area contributed by atoms with Gasteiger partial charge >= 0.3 is 0 Å². The van der Waals surface area contributed by atoms with Crippen molar-refractivity contribution in [2.75, 3.05) is 7.11 Å². The highest BCUT2D eigenvalue weighted by Gasteiger charge is 2.25.